The number of hydrogen-bond donors (Lipinski definition) is 2. The molecule has 1 atom stereocenters. The van der Waals surface area contributed by atoms with Gasteiger partial charge in [-0.25, -0.2) is 4.79 Å². The van der Waals surface area contributed by atoms with Crippen LogP contribution in [-0.4, -0.2) is 33.0 Å². The third-order valence-electron chi connectivity index (χ3n) is 1.71. The van der Waals surface area contributed by atoms with Crippen molar-refractivity contribution in [1.82, 2.24) is 15.3 Å². The van der Waals surface area contributed by atoms with Gasteiger partial charge in [0, 0.05) is 31.9 Å². The second kappa shape index (κ2) is 5.04. The van der Waals surface area contributed by atoms with Crippen molar-refractivity contribution in [3.63, 3.8) is 0 Å². The molecular formula is C9H11N3O3. The summed E-state index contributed by atoms with van der Waals surface area (Å²) in [5.74, 6) is -1.47. The van der Waals surface area contributed by atoms with Crippen LogP contribution in [0.15, 0.2) is 18.6 Å². The zero-order valence-electron chi connectivity index (χ0n) is 8.17. The van der Waals surface area contributed by atoms with E-state index in [0.717, 1.165) is 0 Å². The van der Waals surface area contributed by atoms with Crippen molar-refractivity contribution in [3.05, 3.63) is 24.3 Å². The molecule has 0 bridgehead atoms. The number of nitrogens with one attached hydrogen (secondary N) is 1. The molecule has 1 amide bonds. The Balaban J connectivity index is 2.67. The Morgan fingerprint density at radius 2 is 2.27 bits per heavy atom. The van der Waals surface area contributed by atoms with Gasteiger partial charge >= 0.3 is 5.97 Å². The average molecular weight is 209 g/mol. The minimum Gasteiger partial charge on any atom is -0.480 e. The van der Waals surface area contributed by atoms with E-state index in [9.17, 15) is 9.59 Å². The molecule has 0 aliphatic carbocycles. The fraction of sp³-hybridized carbons (Fsp3) is 0.333. The van der Waals surface area contributed by atoms with E-state index in [1.54, 1.807) is 0 Å². The monoisotopic (exact) mass is 209 g/mol. The summed E-state index contributed by atoms with van der Waals surface area (Å²) in [4.78, 5) is 29.3. The van der Waals surface area contributed by atoms with Gasteiger partial charge in [-0.1, -0.05) is 0 Å². The summed E-state index contributed by atoms with van der Waals surface area (Å²) in [6, 6.07) is -0.959. The van der Waals surface area contributed by atoms with Gasteiger partial charge in [-0.3, -0.25) is 14.8 Å². The first-order valence-corrected chi connectivity index (χ1v) is 4.34. The van der Waals surface area contributed by atoms with Crippen molar-refractivity contribution in [2.24, 2.45) is 0 Å². The van der Waals surface area contributed by atoms with Crippen LogP contribution in [-0.2, 0) is 16.0 Å². The molecule has 0 aliphatic rings. The Kier molecular flexibility index (Phi) is 3.73. The van der Waals surface area contributed by atoms with Crippen LogP contribution in [0.3, 0.4) is 0 Å². The summed E-state index contributed by atoms with van der Waals surface area (Å²) < 4.78 is 0. The Labute approximate surface area is 86.4 Å². The van der Waals surface area contributed by atoms with Crippen LogP contribution in [0.1, 0.15) is 12.6 Å². The first-order chi connectivity index (χ1) is 7.09. The normalized spacial score (nSPS) is 11.8. The lowest BCUT2D eigenvalue weighted by molar-refractivity contribution is -0.141. The summed E-state index contributed by atoms with van der Waals surface area (Å²) in [7, 11) is 0. The summed E-state index contributed by atoms with van der Waals surface area (Å²) >= 11 is 0. The van der Waals surface area contributed by atoms with E-state index < -0.39 is 12.0 Å². The molecule has 1 aromatic heterocycles. The standard InChI is InChI=1S/C9H11N3O3/c1-6(13)12-8(9(14)15)4-7-5-10-2-3-11-7/h2-3,5,8H,4H2,1H3,(H,12,13)(H,14,15)/t8-/m1/s1. The lowest BCUT2D eigenvalue weighted by Gasteiger charge is -2.11. The molecule has 6 nitrogen and oxygen atoms in total. The minimum atomic E-state index is -1.09. The molecule has 0 spiro atoms. The second-order valence-corrected chi connectivity index (χ2v) is 2.99. The van der Waals surface area contributed by atoms with E-state index in [4.69, 9.17) is 5.11 Å². The predicted octanol–water partition coefficient (Wildman–Crippen LogP) is -0.392. The minimum absolute atomic E-state index is 0.128. The summed E-state index contributed by atoms with van der Waals surface area (Å²) in [5.41, 5.74) is 0.527. The highest BCUT2D eigenvalue weighted by atomic mass is 16.4. The Hall–Kier alpha value is -1.98. The van der Waals surface area contributed by atoms with E-state index in [0.29, 0.717) is 5.69 Å². The van der Waals surface area contributed by atoms with Crippen LogP contribution in [0.25, 0.3) is 0 Å². The van der Waals surface area contributed by atoms with Gasteiger partial charge in [-0.2, -0.15) is 0 Å². The number of aliphatic carboxylic acids is 1. The SMILES string of the molecule is CC(=O)N[C@H](Cc1cnccn1)C(=O)O. The molecule has 1 rings (SSSR count). The quantitative estimate of drug-likeness (QED) is 0.704. The molecule has 0 unspecified atom stereocenters. The molecular weight excluding hydrogens is 198 g/mol. The van der Waals surface area contributed by atoms with Crippen molar-refractivity contribution in [2.45, 2.75) is 19.4 Å². The van der Waals surface area contributed by atoms with Crippen LogP contribution in [0.4, 0.5) is 0 Å². The molecule has 0 saturated heterocycles. The summed E-state index contributed by atoms with van der Waals surface area (Å²) in [6.07, 6.45) is 4.57. The first kappa shape index (κ1) is 11.1. The zero-order valence-corrected chi connectivity index (χ0v) is 8.17. The van der Waals surface area contributed by atoms with Crippen molar-refractivity contribution < 1.29 is 14.7 Å². The van der Waals surface area contributed by atoms with Crippen LogP contribution in [0.2, 0.25) is 0 Å². The van der Waals surface area contributed by atoms with Gasteiger partial charge in [0.05, 0.1) is 5.69 Å². The molecule has 15 heavy (non-hydrogen) atoms. The third-order valence-corrected chi connectivity index (χ3v) is 1.71. The Morgan fingerprint density at radius 3 is 2.73 bits per heavy atom. The molecule has 0 aliphatic heterocycles. The van der Waals surface area contributed by atoms with Gasteiger partial charge in [0.15, 0.2) is 0 Å². The largest absolute Gasteiger partial charge is 0.480 e. The number of carbonyl (C=O) groups is 2. The number of carboxylic acid groups (broad SMARTS) is 1. The Morgan fingerprint density at radius 1 is 1.53 bits per heavy atom. The van der Waals surface area contributed by atoms with E-state index in [1.165, 1.54) is 25.5 Å². The smallest absolute Gasteiger partial charge is 0.326 e. The van der Waals surface area contributed by atoms with Crippen molar-refractivity contribution in [3.8, 4) is 0 Å². The molecule has 6 heteroatoms. The van der Waals surface area contributed by atoms with Gasteiger partial charge in [0.2, 0.25) is 5.91 Å². The second-order valence-electron chi connectivity index (χ2n) is 2.99. The molecule has 80 valence electrons. The molecule has 0 aromatic carbocycles. The van der Waals surface area contributed by atoms with Crippen LogP contribution in [0, 0.1) is 0 Å². The third kappa shape index (κ3) is 3.72. The van der Waals surface area contributed by atoms with E-state index >= 15 is 0 Å². The van der Waals surface area contributed by atoms with E-state index in [2.05, 4.69) is 15.3 Å². The van der Waals surface area contributed by atoms with E-state index in [1.807, 2.05) is 0 Å². The summed E-state index contributed by atoms with van der Waals surface area (Å²) in [6.45, 7) is 1.27. The highest BCUT2D eigenvalue weighted by molar-refractivity contribution is 5.82. The van der Waals surface area contributed by atoms with Gasteiger partial charge in [0.25, 0.3) is 0 Å². The van der Waals surface area contributed by atoms with E-state index in [-0.39, 0.29) is 12.3 Å². The fourth-order valence-corrected chi connectivity index (χ4v) is 1.09. The van der Waals surface area contributed by atoms with Gasteiger partial charge in [-0.05, 0) is 0 Å². The molecule has 0 saturated carbocycles. The fourth-order valence-electron chi connectivity index (χ4n) is 1.09. The van der Waals surface area contributed by atoms with Crippen molar-refractivity contribution in [2.75, 3.05) is 0 Å². The number of carbonyl (C=O) groups excluding carboxylic acids is 1. The number of hydrogen-bond acceptors (Lipinski definition) is 4. The number of aromatic nitrogens is 2. The lowest BCUT2D eigenvalue weighted by atomic mass is 10.1. The Bertz CT molecular complexity index is 353. The van der Waals surface area contributed by atoms with Crippen molar-refractivity contribution in [1.29, 1.82) is 0 Å². The van der Waals surface area contributed by atoms with Gasteiger partial charge in [-0.15, -0.1) is 0 Å². The maximum absolute atomic E-state index is 10.8. The maximum atomic E-state index is 10.8. The lowest BCUT2D eigenvalue weighted by Crippen LogP contribution is -2.41. The molecule has 1 aromatic rings. The van der Waals surface area contributed by atoms with Crippen molar-refractivity contribution >= 4 is 11.9 Å². The van der Waals surface area contributed by atoms with Crippen LogP contribution in [0.5, 0.6) is 0 Å². The number of rotatable bonds is 4. The first-order valence-electron chi connectivity index (χ1n) is 4.34. The van der Waals surface area contributed by atoms with Gasteiger partial charge < -0.3 is 10.4 Å². The zero-order chi connectivity index (χ0) is 11.3. The molecule has 0 radical (unpaired) electrons. The molecule has 0 fully saturated rings. The van der Waals surface area contributed by atoms with Crippen LogP contribution < -0.4 is 5.32 Å². The number of carboxylic acids is 1. The van der Waals surface area contributed by atoms with Gasteiger partial charge in [0.1, 0.15) is 6.04 Å². The predicted molar refractivity (Wildman–Crippen MR) is 51.0 cm³/mol. The molecule has 2 N–H and O–H groups in total. The maximum Gasteiger partial charge on any atom is 0.326 e. The average Bonchev–Trinajstić information content (AvgIpc) is 2.17. The highest BCUT2D eigenvalue weighted by Gasteiger charge is 2.19. The summed E-state index contributed by atoms with van der Waals surface area (Å²) in [5, 5.41) is 11.1. The topological polar surface area (TPSA) is 92.2 Å². The number of amides is 1. The molecule has 1 heterocycles. The highest BCUT2D eigenvalue weighted by Crippen LogP contribution is 1.98. The number of nitrogens with zero attached hydrogens (tertiary/aromatic N) is 2. The van der Waals surface area contributed by atoms with Crippen LogP contribution >= 0.6 is 0 Å².